The van der Waals surface area contributed by atoms with Crippen LogP contribution in [-0.4, -0.2) is 69.4 Å². The molecule has 6 heterocycles. The van der Waals surface area contributed by atoms with Gasteiger partial charge in [0.1, 0.15) is 11.7 Å². The van der Waals surface area contributed by atoms with Crippen molar-refractivity contribution in [2.75, 3.05) is 26.3 Å². The molecule has 0 saturated carbocycles. The Bertz CT molecular complexity index is 1490. The number of hydrogen-bond donors (Lipinski definition) is 1. The van der Waals surface area contributed by atoms with E-state index >= 15 is 0 Å². The maximum absolute atomic E-state index is 13.2. The van der Waals surface area contributed by atoms with Crippen LogP contribution in [0.25, 0.3) is 22.3 Å². The van der Waals surface area contributed by atoms with Crippen LogP contribution in [0.5, 0.6) is 0 Å². The normalized spacial score (nSPS) is 22.3. The van der Waals surface area contributed by atoms with Crippen molar-refractivity contribution in [2.45, 2.75) is 50.9 Å². The Morgan fingerprint density at radius 1 is 1.08 bits per heavy atom. The maximum Gasteiger partial charge on any atom is 0.255 e. The number of carbonyl (C=O) groups excluding carboxylic acids is 3. The predicted octanol–water partition coefficient (Wildman–Crippen LogP) is 3.28. The number of rotatable bonds is 5. The highest BCUT2D eigenvalue weighted by Crippen LogP contribution is 2.39. The van der Waals surface area contributed by atoms with Crippen molar-refractivity contribution < 1.29 is 19.1 Å². The van der Waals surface area contributed by atoms with Crippen LogP contribution in [0.4, 0.5) is 0 Å². The van der Waals surface area contributed by atoms with E-state index in [0.717, 1.165) is 41.9 Å². The summed E-state index contributed by atoms with van der Waals surface area (Å²) in [5.74, 6) is -0.974. The Morgan fingerprint density at radius 2 is 1.87 bits per heavy atom. The van der Waals surface area contributed by atoms with Crippen LogP contribution in [0.1, 0.15) is 53.2 Å². The van der Waals surface area contributed by atoms with Gasteiger partial charge in [-0.1, -0.05) is 17.7 Å². The lowest BCUT2D eigenvalue weighted by atomic mass is 10.0. The molecule has 10 heteroatoms. The Morgan fingerprint density at radius 3 is 2.61 bits per heavy atom. The molecule has 1 unspecified atom stereocenters. The highest BCUT2D eigenvalue weighted by atomic mass is 35.5. The van der Waals surface area contributed by atoms with Crippen LogP contribution < -0.4 is 5.32 Å². The molecule has 4 aliphatic rings. The van der Waals surface area contributed by atoms with Crippen molar-refractivity contribution in [3.8, 4) is 11.3 Å². The lowest BCUT2D eigenvalue weighted by molar-refractivity contribution is -0.136. The summed E-state index contributed by atoms with van der Waals surface area (Å²) in [6, 6.07) is 7.52. The molecule has 2 aromatic heterocycles. The van der Waals surface area contributed by atoms with Gasteiger partial charge in [0.2, 0.25) is 11.8 Å². The van der Waals surface area contributed by atoms with Crippen LogP contribution in [0.2, 0.25) is 5.02 Å². The lowest BCUT2D eigenvalue weighted by Gasteiger charge is -2.29. The maximum atomic E-state index is 13.2. The Hall–Kier alpha value is -3.27. The van der Waals surface area contributed by atoms with Crippen molar-refractivity contribution in [1.29, 1.82) is 0 Å². The number of aromatic nitrogens is 2. The largest absolute Gasteiger partial charge is 0.377 e. The first-order chi connectivity index (χ1) is 18.5. The monoisotopic (exact) mass is 533 g/mol. The molecule has 1 N–H and O–H groups in total. The molecule has 4 aliphatic heterocycles. The number of ether oxygens (including phenoxy) is 1. The molecule has 196 valence electrons. The first-order valence-corrected chi connectivity index (χ1v) is 13.6. The molecule has 0 spiro atoms. The van der Waals surface area contributed by atoms with Gasteiger partial charge in [-0.05, 0) is 56.1 Å². The molecular formula is C28H28ClN5O4. The number of halogens is 1. The fourth-order valence-corrected chi connectivity index (χ4v) is 6.45. The molecule has 1 atom stereocenters. The Balaban J connectivity index is 1.28. The minimum atomic E-state index is -0.679. The number of nitrogens with one attached hydrogen (secondary N) is 1. The number of piperidine rings is 1. The fraction of sp³-hybridized carbons (Fsp3) is 0.429. The van der Waals surface area contributed by atoms with Gasteiger partial charge in [0.25, 0.3) is 5.91 Å². The van der Waals surface area contributed by atoms with E-state index in [1.165, 1.54) is 23.3 Å². The molecular weight excluding hydrogens is 506 g/mol. The van der Waals surface area contributed by atoms with Gasteiger partial charge in [-0.15, -0.1) is 0 Å². The molecule has 38 heavy (non-hydrogen) atoms. The van der Waals surface area contributed by atoms with Crippen molar-refractivity contribution in [3.63, 3.8) is 0 Å². The van der Waals surface area contributed by atoms with Crippen molar-refractivity contribution in [3.05, 3.63) is 52.2 Å². The molecule has 7 rings (SSSR count). The second-order valence-electron chi connectivity index (χ2n) is 10.7. The number of benzene rings is 1. The van der Waals surface area contributed by atoms with E-state index in [2.05, 4.69) is 33.1 Å². The summed E-state index contributed by atoms with van der Waals surface area (Å²) in [5.41, 5.74) is 4.87. The quantitative estimate of drug-likeness (QED) is 0.506. The molecule has 3 saturated heterocycles. The number of imide groups is 1. The zero-order valence-corrected chi connectivity index (χ0v) is 21.7. The number of fused-ring (bicyclic) bond motifs is 2. The summed E-state index contributed by atoms with van der Waals surface area (Å²) in [6.45, 7) is 4.61. The lowest BCUT2D eigenvalue weighted by Crippen LogP contribution is -2.52. The topological polar surface area (TPSA) is 96.8 Å². The summed E-state index contributed by atoms with van der Waals surface area (Å²) in [5, 5.41) is 3.97. The number of hydrogen-bond acceptors (Lipinski definition) is 6. The van der Waals surface area contributed by atoms with Crippen LogP contribution in [-0.2, 0) is 27.4 Å². The van der Waals surface area contributed by atoms with E-state index in [0.29, 0.717) is 35.8 Å². The third-order valence-electron chi connectivity index (χ3n) is 8.30. The molecule has 0 aliphatic carbocycles. The minimum absolute atomic E-state index is 0.213. The van der Waals surface area contributed by atoms with Crippen molar-refractivity contribution in [1.82, 2.24) is 24.7 Å². The van der Waals surface area contributed by atoms with Gasteiger partial charge in [0, 0.05) is 47.8 Å². The van der Waals surface area contributed by atoms with E-state index in [1.807, 2.05) is 6.07 Å². The SMILES string of the molecule is O=C1CCC(N2Cc3c(ccc(-c4cc(CN5CCCC5)c5ccn(C6COC6)c5n4)c3Cl)C2=O)C(=O)N1. The van der Waals surface area contributed by atoms with Gasteiger partial charge >= 0.3 is 0 Å². The third-order valence-corrected chi connectivity index (χ3v) is 8.73. The van der Waals surface area contributed by atoms with E-state index in [9.17, 15) is 14.4 Å². The van der Waals surface area contributed by atoms with E-state index < -0.39 is 11.9 Å². The zero-order valence-electron chi connectivity index (χ0n) is 20.9. The van der Waals surface area contributed by atoms with E-state index in [-0.39, 0.29) is 30.8 Å². The van der Waals surface area contributed by atoms with Crippen LogP contribution in [0, 0.1) is 0 Å². The van der Waals surface area contributed by atoms with E-state index in [4.69, 9.17) is 21.3 Å². The first kappa shape index (κ1) is 23.8. The minimum Gasteiger partial charge on any atom is -0.377 e. The van der Waals surface area contributed by atoms with Gasteiger partial charge in [0.05, 0.1) is 30.0 Å². The second kappa shape index (κ2) is 9.18. The molecule has 1 aromatic carbocycles. The van der Waals surface area contributed by atoms with Gasteiger partial charge in [-0.2, -0.15) is 0 Å². The molecule has 3 aromatic rings. The Kier molecular flexibility index (Phi) is 5.76. The average Bonchev–Trinajstić information content (AvgIpc) is 3.60. The highest BCUT2D eigenvalue weighted by molar-refractivity contribution is 6.35. The van der Waals surface area contributed by atoms with Crippen LogP contribution >= 0.6 is 11.6 Å². The molecule has 0 radical (unpaired) electrons. The van der Waals surface area contributed by atoms with Crippen molar-refractivity contribution >= 4 is 40.4 Å². The zero-order chi connectivity index (χ0) is 26.0. The molecule has 9 nitrogen and oxygen atoms in total. The highest BCUT2D eigenvalue weighted by Gasteiger charge is 2.40. The average molecular weight is 534 g/mol. The van der Waals surface area contributed by atoms with Gasteiger partial charge < -0.3 is 14.2 Å². The third kappa shape index (κ3) is 3.83. The van der Waals surface area contributed by atoms with Gasteiger partial charge in [0.15, 0.2) is 0 Å². The number of pyridine rings is 1. The summed E-state index contributed by atoms with van der Waals surface area (Å²) >= 11 is 7.00. The number of likely N-dealkylation sites (tertiary alicyclic amines) is 1. The molecule has 3 fully saturated rings. The van der Waals surface area contributed by atoms with Crippen LogP contribution in [0.15, 0.2) is 30.5 Å². The Labute approximate surface area is 224 Å². The standard InChI is InChI=1S/C28H28ClN5O4/c29-25-20(4-3-19-21(25)13-34(28(19)37)23-5-6-24(35)31-27(23)36)22-11-16(12-32-8-1-2-9-32)18-7-10-33(26(18)30-22)17-14-38-15-17/h3-4,7,10-11,17,23H,1-2,5-6,8-9,12-15H2,(H,31,35,36). The van der Waals surface area contributed by atoms with Gasteiger partial charge in [-0.25, -0.2) is 4.98 Å². The summed E-state index contributed by atoms with van der Waals surface area (Å²) < 4.78 is 7.65. The fourth-order valence-electron chi connectivity index (χ4n) is 6.13. The molecule has 0 bridgehead atoms. The predicted molar refractivity (Wildman–Crippen MR) is 141 cm³/mol. The van der Waals surface area contributed by atoms with Crippen LogP contribution in [0.3, 0.4) is 0 Å². The number of amides is 3. The summed E-state index contributed by atoms with van der Waals surface area (Å²) in [4.78, 5) is 46.4. The molecule has 3 amide bonds. The van der Waals surface area contributed by atoms with E-state index in [1.54, 1.807) is 6.07 Å². The first-order valence-electron chi connectivity index (χ1n) is 13.2. The smallest absolute Gasteiger partial charge is 0.255 e. The number of nitrogens with zero attached hydrogens (tertiary/aromatic N) is 4. The summed E-state index contributed by atoms with van der Waals surface area (Å²) in [6.07, 6.45) is 5.06. The van der Waals surface area contributed by atoms with Gasteiger partial charge in [-0.3, -0.25) is 24.6 Å². The summed E-state index contributed by atoms with van der Waals surface area (Å²) in [7, 11) is 0. The second-order valence-corrected chi connectivity index (χ2v) is 11.0. The van der Waals surface area contributed by atoms with Crippen molar-refractivity contribution in [2.24, 2.45) is 0 Å². The number of carbonyl (C=O) groups is 3.